The number of thioether (sulfide) groups is 1. The summed E-state index contributed by atoms with van der Waals surface area (Å²) in [7, 11) is 0. The highest BCUT2D eigenvalue weighted by Gasteiger charge is 2.07. The number of carbonyl (C=O) groups excluding carboxylic acids is 1. The third kappa shape index (κ3) is 2.88. The van der Waals surface area contributed by atoms with E-state index < -0.39 is 0 Å². The van der Waals surface area contributed by atoms with Gasteiger partial charge in [0.2, 0.25) is 0 Å². The van der Waals surface area contributed by atoms with E-state index >= 15 is 0 Å². The monoisotopic (exact) mass is 198 g/mol. The number of hydrogen-bond donors (Lipinski definition) is 0. The van der Waals surface area contributed by atoms with Gasteiger partial charge in [-0.3, -0.25) is 4.79 Å². The van der Waals surface area contributed by atoms with Crippen molar-refractivity contribution in [2.75, 3.05) is 12.0 Å². The minimum absolute atomic E-state index is 0.244. The van der Waals surface area contributed by atoms with Crippen molar-refractivity contribution >= 4 is 17.5 Å². The predicted molar refractivity (Wildman–Crippen MR) is 55.0 cm³/mol. The molecule has 0 saturated carbocycles. The van der Waals surface area contributed by atoms with Crippen molar-refractivity contribution in [2.24, 2.45) is 0 Å². The quantitative estimate of drug-likeness (QED) is 0.717. The second kappa shape index (κ2) is 5.07. The summed E-state index contributed by atoms with van der Waals surface area (Å²) in [5, 5.41) is 0. The Bertz CT molecular complexity index is 283. The van der Waals surface area contributed by atoms with Crippen molar-refractivity contribution in [1.29, 1.82) is 0 Å². The summed E-state index contributed by atoms with van der Waals surface area (Å²) in [6.07, 6.45) is 6.04. The smallest absolute Gasteiger partial charge is 0.150 e. The molecule has 0 aliphatic rings. The molecule has 1 heterocycles. The van der Waals surface area contributed by atoms with Crippen LogP contribution in [-0.2, 0) is 17.8 Å². The second-order valence-electron chi connectivity index (χ2n) is 2.78. The number of rotatable bonds is 5. The van der Waals surface area contributed by atoms with Crippen molar-refractivity contribution < 1.29 is 4.79 Å². The van der Waals surface area contributed by atoms with E-state index in [1.54, 1.807) is 18.0 Å². The van der Waals surface area contributed by atoms with Gasteiger partial charge in [0.25, 0.3) is 0 Å². The molecule has 0 atom stereocenters. The van der Waals surface area contributed by atoms with Crippen molar-refractivity contribution in [1.82, 2.24) is 9.55 Å². The van der Waals surface area contributed by atoms with Crippen molar-refractivity contribution in [3.63, 3.8) is 0 Å². The van der Waals surface area contributed by atoms with Crippen LogP contribution < -0.4 is 0 Å². The molecular formula is C9H14N2OS. The summed E-state index contributed by atoms with van der Waals surface area (Å²) in [4.78, 5) is 15.4. The van der Waals surface area contributed by atoms with Crippen LogP contribution in [0, 0.1) is 0 Å². The van der Waals surface area contributed by atoms with Gasteiger partial charge in [0, 0.05) is 18.9 Å². The number of hydrogen-bond acceptors (Lipinski definition) is 3. The predicted octanol–water partition coefficient (Wildman–Crippen LogP) is 1.38. The van der Waals surface area contributed by atoms with Crippen LogP contribution in [0.3, 0.4) is 0 Å². The largest absolute Gasteiger partial charge is 0.335 e. The zero-order valence-electron chi connectivity index (χ0n) is 7.99. The Morgan fingerprint density at radius 2 is 2.46 bits per heavy atom. The molecule has 1 aromatic heterocycles. The van der Waals surface area contributed by atoms with Gasteiger partial charge in [-0.05, 0) is 13.2 Å². The van der Waals surface area contributed by atoms with Crippen LogP contribution in [-0.4, -0.2) is 27.3 Å². The molecule has 0 fully saturated rings. The number of imidazole rings is 1. The van der Waals surface area contributed by atoms with Crippen LogP contribution in [0.4, 0.5) is 0 Å². The molecule has 0 saturated heterocycles. The molecule has 13 heavy (non-hydrogen) atoms. The van der Waals surface area contributed by atoms with Gasteiger partial charge >= 0.3 is 0 Å². The average molecular weight is 198 g/mol. The van der Waals surface area contributed by atoms with Gasteiger partial charge in [-0.2, -0.15) is 11.8 Å². The Kier molecular flexibility index (Phi) is 4.02. The summed E-state index contributed by atoms with van der Waals surface area (Å²) in [6.45, 7) is 2.92. The third-order valence-electron chi connectivity index (χ3n) is 1.80. The maximum atomic E-state index is 11.3. The molecule has 0 aliphatic heterocycles. The Morgan fingerprint density at radius 1 is 1.69 bits per heavy atom. The Morgan fingerprint density at radius 3 is 3.08 bits per heavy atom. The lowest BCUT2D eigenvalue weighted by Crippen LogP contribution is -2.10. The lowest BCUT2D eigenvalue weighted by atomic mass is 10.3. The van der Waals surface area contributed by atoms with Crippen molar-refractivity contribution in [3.8, 4) is 0 Å². The van der Waals surface area contributed by atoms with Crippen LogP contribution in [0.5, 0.6) is 0 Å². The van der Waals surface area contributed by atoms with Crippen LogP contribution >= 0.6 is 11.8 Å². The van der Waals surface area contributed by atoms with E-state index in [9.17, 15) is 4.79 Å². The zero-order chi connectivity index (χ0) is 9.68. The average Bonchev–Trinajstić information content (AvgIpc) is 2.52. The van der Waals surface area contributed by atoms with Crippen LogP contribution in [0.1, 0.15) is 12.7 Å². The molecule has 0 bridgehead atoms. The molecule has 1 aromatic rings. The van der Waals surface area contributed by atoms with Crippen LogP contribution in [0.2, 0.25) is 0 Å². The van der Waals surface area contributed by atoms with E-state index in [2.05, 4.69) is 4.98 Å². The van der Waals surface area contributed by atoms with Gasteiger partial charge in [0.05, 0.1) is 12.2 Å². The van der Waals surface area contributed by atoms with Crippen molar-refractivity contribution in [3.05, 3.63) is 18.2 Å². The van der Waals surface area contributed by atoms with Gasteiger partial charge < -0.3 is 4.57 Å². The highest BCUT2D eigenvalue weighted by atomic mass is 32.2. The first kappa shape index (κ1) is 10.3. The van der Waals surface area contributed by atoms with Gasteiger partial charge in [-0.1, -0.05) is 0 Å². The Balaban J connectivity index is 2.57. The molecule has 4 heteroatoms. The highest BCUT2D eigenvalue weighted by Crippen LogP contribution is 2.02. The summed E-state index contributed by atoms with van der Waals surface area (Å²) in [5.41, 5.74) is 0. The lowest BCUT2D eigenvalue weighted by Gasteiger charge is -2.02. The fraction of sp³-hybridized carbons (Fsp3) is 0.556. The Hall–Kier alpha value is -0.770. The first-order valence-corrected chi connectivity index (χ1v) is 5.68. The molecule has 0 radical (unpaired) electrons. The fourth-order valence-electron chi connectivity index (χ4n) is 1.18. The molecule has 0 spiro atoms. The molecule has 0 aromatic carbocycles. The van der Waals surface area contributed by atoms with E-state index in [0.717, 1.165) is 12.4 Å². The van der Waals surface area contributed by atoms with E-state index in [0.29, 0.717) is 12.2 Å². The van der Waals surface area contributed by atoms with Gasteiger partial charge in [-0.15, -0.1) is 0 Å². The topological polar surface area (TPSA) is 34.9 Å². The zero-order valence-corrected chi connectivity index (χ0v) is 8.80. The lowest BCUT2D eigenvalue weighted by molar-refractivity contribution is -0.116. The Labute approximate surface area is 82.5 Å². The summed E-state index contributed by atoms with van der Waals surface area (Å²) in [5.74, 6) is 1.70. The third-order valence-corrected chi connectivity index (χ3v) is 2.41. The number of aromatic nitrogens is 2. The standard InChI is InChI=1S/C9H14N2OS/c1-3-11-5-4-10-9(11)6-8(12)7-13-2/h4-5H,3,6-7H2,1-2H3. The van der Waals surface area contributed by atoms with E-state index in [1.807, 2.05) is 23.9 Å². The minimum Gasteiger partial charge on any atom is -0.335 e. The van der Waals surface area contributed by atoms with Gasteiger partial charge in [0.1, 0.15) is 11.6 Å². The first-order chi connectivity index (χ1) is 6.27. The highest BCUT2D eigenvalue weighted by molar-refractivity contribution is 7.99. The molecule has 3 nitrogen and oxygen atoms in total. The minimum atomic E-state index is 0.244. The van der Waals surface area contributed by atoms with Gasteiger partial charge in [0.15, 0.2) is 0 Å². The number of Topliss-reactive ketones (excluding diaryl/α,β-unsaturated/α-hetero) is 1. The number of carbonyl (C=O) groups is 1. The van der Waals surface area contributed by atoms with Gasteiger partial charge in [-0.25, -0.2) is 4.98 Å². The molecule has 0 aliphatic carbocycles. The van der Waals surface area contributed by atoms with E-state index in [4.69, 9.17) is 0 Å². The molecule has 0 N–H and O–H groups in total. The molecule has 0 unspecified atom stereocenters. The van der Waals surface area contributed by atoms with Crippen LogP contribution in [0.25, 0.3) is 0 Å². The molecule has 72 valence electrons. The maximum Gasteiger partial charge on any atom is 0.150 e. The second-order valence-corrected chi connectivity index (χ2v) is 3.64. The SMILES string of the molecule is CCn1ccnc1CC(=O)CSC. The number of ketones is 1. The fourth-order valence-corrected chi connectivity index (χ4v) is 1.61. The van der Waals surface area contributed by atoms with E-state index in [1.165, 1.54) is 0 Å². The normalized spacial score (nSPS) is 10.3. The molecule has 0 amide bonds. The van der Waals surface area contributed by atoms with Crippen molar-refractivity contribution in [2.45, 2.75) is 19.9 Å². The summed E-state index contributed by atoms with van der Waals surface area (Å²) < 4.78 is 2.00. The maximum absolute atomic E-state index is 11.3. The summed E-state index contributed by atoms with van der Waals surface area (Å²) >= 11 is 1.56. The van der Waals surface area contributed by atoms with E-state index in [-0.39, 0.29) is 5.78 Å². The number of nitrogens with zero attached hydrogens (tertiary/aromatic N) is 2. The summed E-state index contributed by atoms with van der Waals surface area (Å²) in [6, 6.07) is 0. The molecule has 1 rings (SSSR count). The van der Waals surface area contributed by atoms with Crippen LogP contribution in [0.15, 0.2) is 12.4 Å². The molecular weight excluding hydrogens is 184 g/mol. The first-order valence-electron chi connectivity index (χ1n) is 4.28. The number of aryl methyl sites for hydroxylation is 1.